The second kappa shape index (κ2) is 8.09. The summed E-state index contributed by atoms with van der Waals surface area (Å²) in [5.41, 5.74) is 2.40. The maximum atomic E-state index is 12.2. The molecule has 1 N–H and O–H groups in total. The summed E-state index contributed by atoms with van der Waals surface area (Å²) in [5.74, 6) is 0.525. The normalized spacial score (nSPS) is 10.5. The highest BCUT2D eigenvalue weighted by Gasteiger charge is 2.16. The van der Waals surface area contributed by atoms with Crippen LogP contribution < -0.4 is 9.47 Å². The number of esters is 1. The SMILES string of the molecule is COc1cccc(-c2nc(COC(=O)c3ccc(C)cc3O)cs2)c1OC. The van der Waals surface area contributed by atoms with Crippen molar-refractivity contribution in [3.8, 4) is 27.8 Å². The maximum absolute atomic E-state index is 12.2. The fourth-order valence-corrected chi connectivity index (χ4v) is 3.41. The van der Waals surface area contributed by atoms with E-state index in [2.05, 4.69) is 4.98 Å². The molecule has 0 unspecified atom stereocenters. The average molecular weight is 385 g/mol. The first-order chi connectivity index (χ1) is 13.0. The van der Waals surface area contributed by atoms with Gasteiger partial charge in [0.05, 0.1) is 25.5 Å². The molecule has 0 aliphatic carbocycles. The molecule has 6 nitrogen and oxygen atoms in total. The van der Waals surface area contributed by atoms with Gasteiger partial charge in [0, 0.05) is 5.38 Å². The number of hydrogen-bond donors (Lipinski definition) is 1. The third-order valence-electron chi connectivity index (χ3n) is 3.91. The molecule has 0 bridgehead atoms. The minimum Gasteiger partial charge on any atom is -0.507 e. The van der Waals surface area contributed by atoms with Crippen molar-refractivity contribution in [1.29, 1.82) is 0 Å². The van der Waals surface area contributed by atoms with Gasteiger partial charge in [0.15, 0.2) is 11.5 Å². The molecule has 140 valence electrons. The standard InChI is InChI=1S/C20H19NO5S/c1-12-7-8-14(16(22)9-12)20(23)26-10-13-11-27-19(21-13)15-5-4-6-17(24-2)18(15)25-3/h4-9,11,22H,10H2,1-3H3. The number of ether oxygens (including phenoxy) is 3. The van der Waals surface area contributed by atoms with E-state index in [-0.39, 0.29) is 17.9 Å². The number of phenolic OH excluding ortho intramolecular Hbond substituents is 1. The van der Waals surface area contributed by atoms with Crippen LogP contribution in [0.25, 0.3) is 10.6 Å². The Morgan fingerprint density at radius 3 is 2.70 bits per heavy atom. The van der Waals surface area contributed by atoms with Crippen LogP contribution in [0.15, 0.2) is 41.8 Å². The first-order valence-corrected chi connectivity index (χ1v) is 9.04. The number of rotatable bonds is 6. The van der Waals surface area contributed by atoms with E-state index < -0.39 is 5.97 Å². The molecule has 0 saturated carbocycles. The van der Waals surface area contributed by atoms with Crippen molar-refractivity contribution < 1.29 is 24.1 Å². The van der Waals surface area contributed by atoms with Gasteiger partial charge in [-0.1, -0.05) is 12.1 Å². The molecule has 1 heterocycles. The largest absolute Gasteiger partial charge is 0.507 e. The molecule has 1 aromatic heterocycles. The van der Waals surface area contributed by atoms with Crippen LogP contribution in [0.3, 0.4) is 0 Å². The van der Waals surface area contributed by atoms with Crippen molar-refractivity contribution in [3.05, 3.63) is 58.6 Å². The monoisotopic (exact) mass is 385 g/mol. The number of aromatic hydroxyl groups is 1. The van der Waals surface area contributed by atoms with E-state index in [4.69, 9.17) is 14.2 Å². The zero-order valence-electron chi connectivity index (χ0n) is 15.2. The van der Waals surface area contributed by atoms with Gasteiger partial charge in [0.25, 0.3) is 0 Å². The molecule has 0 atom stereocenters. The van der Waals surface area contributed by atoms with Gasteiger partial charge >= 0.3 is 5.97 Å². The molecular formula is C20H19NO5S. The Balaban J connectivity index is 1.74. The second-order valence-corrected chi connectivity index (χ2v) is 6.64. The maximum Gasteiger partial charge on any atom is 0.342 e. The molecule has 0 amide bonds. The highest BCUT2D eigenvalue weighted by atomic mass is 32.1. The molecule has 0 spiro atoms. The van der Waals surface area contributed by atoms with Crippen LogP contribution in [0.1, 0.15) is 21.6 Å². The Labute approximate surface area is 161 Å². The number of aryl methyl sites for hydroxylation is 1. The van der Waals surface area contributed by atoms with Crippen molar-refractivity contribution >= 4 is 17.3 Å². The summed E-state index contributed by atoms with van der Waals surface area (Å²) in [6, 6.07) is 10.4. The Morgan fingerprint density at radius 1 is 1.19 bits per heavy atom. The molecule has 27 heavy (non-hydrogen) atoms. The molecule has 0 aliphatic heterocycles. The molecule has 2 aromatic carbocycles. The lowest BCUT2D eigenvalue weighted by Gasteiger charge is -2.10. The van der Waals surface area contributed by atoms with E-state index >= 15 is 0 Å². The van der Waals surface area contributed by atoms with Gasteiger partial charge in [0.2, 0.25) is 0 Å². The van der Waals surface area contributed by atoms with Crippen LogP contribution in [0.5, 0.6) is 17.2 Å². The molecule has 0 saturated heterocycles. The number of phenols is 1. The lowest BCUT2D eigenvalue weighted by atomic mass is 10.1. The number of carbonyl (C=O) groups excluding carboxylic acids is 1. The van der Waals surface area contributed by atoms with Gasteiger partial charge in [-0.3, -0.25) is 0 Å². The smallest absolute Gasteiger partial charge is 0.342 e. The van der Waals surface area contributed by atoms with E-state index in [1.807, 2.05) is 30.5 Å². The summed E-state index contributed by atoms with van der Waals surface area (Å²) < 4.78 is 16.0. The minimum atomic E-state index is -0.596. The quantitative estimate of drug-likeness (QED) is 0.641. The van der Waals surface area contributed by atoms with Crippen LogP contribution >= 0.6 is 11.3 Å². The van der Waals surface area contributed by atoms with Crippen LogP contribution in [0.2, 0.25) is 0 Å². The van der Waals surface area contributed by atoms with E-state index in [0.29, 0.717) is 17.2 Å². The second-order valence-electron chi connectivity index (χ2n) is 5.78. The van der Waals surface area contributed by atoms with Crippen molar-refractivity contribution in [3.63, 3.8) is 0 Å². The predicted octanol–water partition coefficient (Wildman–Crippen LogP) is 4.20. The lowest BCUT2D eigenvalue weighted by Crippen LogP contribution is -2.06. The number of carbonyl (C=O) groups is 1. The molecular weight excluding hydrogens is 366 g/mol. The van der Waals surface area contributed by atoms with Crippen LogP contribution in [-0.4, -0.2) is 30.3 Å². The number of aromatic nitrogens is 1. The number of hydrogen-bond acceptors (Lipinski definition) is 7. The molecule has 3 rings (SSSR count). The van der Waals surface area contributed by atoms with Gasteiger partial charge in [-0.05, 0) is 36.8 Å². The van der Waals surface area contributed by atoms with E-state index in [9.17, 15) is 9.90 Å². The summed E-state index contributed by atoms with van der Waals surface area (Å²) >= 11 is 1.42. The van der Waals surface area contributed by atoms with Crippen molar-refractivity contribution in [2.24, 2.45) is 0 Å². The van der Waals surface area contributed by atoms with Crippen LogP contribution in [-0.2, 0) is 11.3 Å². The zero-order valence-corrected chi connectivity index (χ0v) is 16.0. The van der Waals surface area contributed by atoms with Crippen LogP contribution in [0, 0.1) is 6.92 Å². The fraction of sp³-hybridized carbons (Fsp3) is 0.200. The van der Waals surface area contributed by atoms with Gasteiger partial charge in [0.1, 0.15) is 22.9 Å². The summed E-state index contributed by atoms with van der Waals surface area (Å²) in [4.78, 5) is 16.7. The number of methoxy groups -OCH3 is 2. The molecule has 7 heteroatoms. The fourth-order valence-electron chi connectivity index (χ4n) is 2.58. The predicted molar refractivity (Wildman–Crippen MR) is 103 cm³/mol. The van der Waals surface area contributed by atoms with Gasteiger partial charge in [-0.15, -0.1) is 11.3 Å². The minimum absolute atomic E-state index is 0.00886. The molecule has 0 fully saturated rings. The van der Waals surface area contributed by atoms with Gasteiger partial charge < -0.3 is 19.3 Å². The van der Waals surface area contributed by atoms with E-state index in [1.165, 1.54) is 17.4 Å². The Hall–Kier alpha value is -3.06. The first kappa shape index (κ1) is 18.7. The average Bonchev–Trinajstić information content (AvgIpc) is 3.14. The third-order valence-corrected chi connectivity index (χ3v) is 4.83. The summed E-state index contributed by atoms with van der Waals surface area (Å²) in [6.07, 6.45) is 0. The molecule has 3 aromatic rings. The topological polar surface area (TPSA) is 77.9 Å². The van der Waals surface area contributed by atoms with Gasteiger partial charge in [-0.25, -0.2) is 9.78 Å². The zero-order chi connectivity index (χ0) is 19.4. The van der Waals surface area contributed by atoms with E-state index in [0.717, 1.165) is 16.1 Å². The van der Waals surface area contributed by atoms with Gasteiger partial charge in [-0.2, -0.15) is 0 Å². The highest BCUT2D eigenvalue weighted by molar-refractivity contribution is 7.13. The summed E-state index contributed by atoms with van der Waals surface area (Å²) in [7, 11) is 3.15. The Kier molecular flexibility index (Phi) is 5.61. The lowest BCUT2D eigenvalue weighted by molar-refractivity contribution is 0.0465. The first-order valence-electron chi connectivity index (χ1n) is 8.16. The third kappa shape index (κ3) is 4.03. The van der Waals surface area contributed by atoms with Crippen molar-refractivity contribution in [1.82, 2.24) is 4.98 Å². The summed E-state index contributed by atoms with van der Waals surface area (Å²) in [5, 5.41) is 12.4. The van der Waals surface area contributed by atoms with Crippen molar-refractivity contribution in [2.45, 2.75) is 13.5 Å². The van der Waals surface area contributed by atoms with E-state index in [1.54, 1.807) is 26.4 Å². The molecule has 0 radical (unpaired) electrons. The number of thiazole rings is 1. The number of para-hydroxylation sites is 1. The molecule has 0 aliphatic rings. The van der Waals surface area contributed by atoms with Crippen molar-refractivity contribution in [2.75, 3.05) is 14.2 Å². The Morgan fingerprint density at radius 2 is 2.00 bits per heavy atom. The highest BCUT2D eigenvalue weighted by Crippen LogP contribution is 2.39. The van der Waals surface area contributed by atoms with Crippen LogP contribution in [0.4, 0.5) is 0 Å². The Bertz CT molecular complexity index is 967. The number of nitrogens with zero attached hydrogens (tertiary/aromatic N) is 1. The summed E-state index contributed by atoms with van der Waals surface area (Å²) in [6.45, 7) is 1.84. The number of benzene rings is 2.